The minimum Gasteiger partial charge on any atom is -0.497 e. The molecule has 1 fully saturated rings. The maximum absolute atomic E-state index is 13.6. The minimum atomic E-state index is -0.487. The molecule has 6 nitrogen and oxygen atoms in total. The highest BCUT2D eigenvalue weighted by Gasteiger charge is 2.40. The Morgan fingerprint density at radius 3 is 2.38 bits per heavy atom. The summed E-state index contributed by atoms with van der Waals surface area (Å²) >= 11 is 1.28. The van der Waals surface area contributed by atoms with Crippen molar-refractivity contribution in [1.29, 1.82) is 5.26 Å². The molecule has 0 spiro atoms. The van der Waals surface area contributed by atoms with Crippen LogP contribution in [0.5, 0.6) is 5.75 Å². The van der Waals surface area contributed by atoms with E-state index in [4.69, 9.17) is 4.74 Å². The zero-order valence-corrected chi connectivity index (χ0v) is 22.0. The fraction of sp³-hybridized carbons (Fsp3) is 0.233. The molecular weight excluding hydrogens is 482 g/mol. The van der Waals surface area contributed by atoms with Gasteiger partial charge in [-0.15, -0.1) is 0 Å². The molecule has 1 atom stereocenters. The maximum atomic E-state index is 13.6. The van der Waals surface area contributed by atoms with Crippen LogP contribution in [0.15, 0.2) is 83.4 Å². The van der Waals surface area contributed by atoms with Crippen LogP contribution in [-0.4, -0.2) is 30.7 Å². The number of hydrogen-bond donors (Lipinski definition) is 1. The highest BCUT2D eigenvalue weighted by molar-refractivity contribution is 8.05. The molecule has 1 saturated heterocycles. The van der Waals surface area contributed by atoms with Gasteiger partial charge in [0.25, 0.3) is 5.91 Å². The molecule has 0 aromatic heterocycles. The van der Waals surface area contributed by atoms with E-state index in [2.05, 4.69) is 30.4 Å². The van der Waals surface area contributed by atoms with E-state index in [1.54, 1.807) is 7.11 Å². The Hall–Kier alpha value is -4.02. The highest BCUT2D eigenvalue weighted by atomic mass is 32.2. The van der Waals surface area contributed by atoms with Gasteiger partial charge in [-0.25, -0.2) is 0 Å². The van der Waals surface area contributed by atoms with Crippen molar-refractivity contribution < 1.29 is 14.3 Å². The first kappa shape index (κ1) is 26.1. The molecule has 4 rings (SSSR count). The minimum absolute atomic E-state index is 0.0560. The van der Waals surface area contributed by atoms with Gasteiger partial charge in [-0.2, -0.15) is 5.26 Å². The summed E-state index contributed by atoms with van der Waals surface area (Å²) in [5.41, 5.74) is 5.02. The van der Waals surface area contributed by atoms with Gasteiger partial charge in [-0.05, 0) is 73.2 Å². The van der Waals surface area contributed by atoms with Gasteiger partial charge in [-0.1, -0.05) is 60.3 Å². The van der Waals surface area contributed by atoms with Gasteiger partial charge in [0.05, 0.1) is 12.4 Å². The summed E-state index contributed by atoms with van der Waals surface area (Å²) < 4.78 is 5.18. The molecule has 3 aromatic rings. The molecule has 1 heterocycles. The first-order valence-electron chi connectivity index (χ1n) is 12.1. The number of rotatable bonds is 8. The number of hydrogen-bond acceptors (Lipinski definition) is 5. The normalized spacial score (nSPS) is 16.3. The molecule has 0 bridgehead atoms. The van der Waals surface area contributed by atoms with E-state index >= 15 is 0 Å². The topological polar surface area (TPSA) is 82.4 Å². The van der Waals surface area contributed by atoms with Gasteiger partial charge < -0.3 is 10.1 Å². The van der Waals surface area contributed by atoms with Crippen molar-refractivity contribution in [3.63, 3.8) is 0 Å². The number of carbonyl (C=O) groups is 2. The van der Waals surface area contributed by atoms with Crippen molar-refractivity contribution in [2.24, 2.45) is 0 Å². The summed E-state index contributed by atoms with van der Waals surface area (Å²) in [7, 11) is 1.61. The van der Waals surface area contributed by atoms with Crippen molar-refractivity contribution >= 4 is 29.3 Å². The predicted molar refractivity (Wildman–Crippen MR) is 147 cm³/mol. The number of aryl methyl sites for hydroxylation is 2. The Bertz CT molecular complexity index is 1360. The number of benzene rings is 3. The number of anilines is 1. The SMILES string of the molecule is COc1ccc(CCNC(=O)/C(C#N)=C2\S[C@@H](Cc3ccc(C)c(C)c3)C(=O)N2c2ccccc2)cc1. The van der Waals surface area contributed by atoms with Crippen LogP contribution in [0.2, 0.25) is 0 Å². The van der Waals surface area contributed by atoms with Gasteiger partial charge in [0.1, 0.15) is 22.4 Å². The Kier molecular flexibility index (Phi) is 8.32. The molecule has 1 N–H and O–H groups in total. The lowest BCUT2D eigenvalue weighted by Crippen LogP contribution is -2.32. The molecule has 0 unspecified atom stereocenters. The summed E-state index contributed by atoms with van der Waals surface area (Å²) in [4.78, 5) is 28.2. The van der Waals surface area contributed by atoms with Gasteiger partial charge >= 0.3 is 0 Å². The number of methoxy groups -OCH3 is 1. The number of para-hydroxylation sites is 1. The molecule has 188 valence electrons. The van der Waals surface area contributed by atoms with Crippen LogP contribution in [0.1, 0.15) is 22.3 Å². The fourth-order valence-electron chi connectivity index (χ4n) is 4.14. The Labute approximate surface area is 221 Å². The number of amides is 2. The monoisotopic (exact) mass is 511 g/mol. The molecule has 2 amide bonds. The van der Waals surface area contributed by atoms with Crippen molar-refractivity contribution in [2.45, 2.75) is 31.9 Å². The second-order valence-electron chi connectivity index (χ2n) is 8.88. The first-order valence-corrected chi connectivity index (χ1v) is 13.0. The number of ether oxygens (including phenoxy) is 1. The summed E-state index contributed by atoms with van der Waals surface area (Å²) in [6.07, 6.45) is 1.11. The van der Waals surface area contributed by atoms with Gasteiger partial charge in [0.2, 0.25) is 5.91 Å². The van der Waals surface area contributed by atoms with Crippen molar-refractivity contribution in [1.82, 2.24) is 5.32 Å². The Morgan fingerprint density at radius 2 is 1.73 bits per heavy atom. The van der Waals surface area contributed by atoms with Crippen LogP contribution in [-0.2, 0) is 22.4 Å². The van der Waals surface area contributed by atoms with E-state index in [0.29, 0.717) is 30.1 Å². The first-order chi connectivity index (χ1) is 17.9. The molecule has 1 aliphatic rings. The van der Waals surface area contributed by atoms with Crippen LogP contribution in [0.25, 0.3) is 0 Å². The third-order valence-corrected chi connectivity index (χ3v) is 7.63. The molecule has 7 heteroatoms. The molecule has 1 aliphatic heterocycles. The van der Waals surface area contributed by atoms with Gasteiger partial charge in [-0.3, -0.25) is 14.5 Å². The Balaban J connectivity index is 1.57. The number of thioether (sulfide) groups is 1. The molecule has 3 aromatic carbocycles. The molecular formula is C30H29N3O3S. The maximum Gasteiger partial charge on any atom is 0.264 e. The van der Waals surface area contributed by atoms with Crippen LogP contribution in [0, 0.1) is 25.2 Å². The van der Waals surface area contributed by atoms with E-state index in [-0.39, 0.29) is 11.5 Å². The summed E-state index contributed by atoms with van der Waals surface area (Å²) in [5, 5.41) is 12.8. The predicted octanol–water partition coefficient (Wildman–Crippen LogP) is 5.10. The van der Waals surface area contributed by atoms with Crippen molar-refractivity contribution in [3.05, 3.63) is 106 Å². The number of nitrogens with one attached hydrogen (secondary N) is 1. The van der Waals surface area contributed by atoms with Crippen LogP contribution < -0.4 is 15.0 Å². The third-order valence-electron chi connectivity index (χ3n) is 6.37. The zero-order chi connectivity index (χ0) is 26.4. The number of nitrogens with zero attached hydrogens (tertiary/aromatic N) is 2. The quantitative estimate of drug-likeness (QED) is 0.336. The lowest BCUT2D eigenvalue weighted by molar-refractivity contribution is -0.117. The van der Waals surface area contributed by atoms with Crippen LogP contribution in [0.3, 0.4) is 0 Å². The van der Waals surface area contributed by atoms with E-state index in [0.717, 1.165) is 22.4 Å². The summed E-state index contributed by atoms with van der Waals surface area (Å²) in [6, 6.07) is 25.0. The molecule has 0 aliphatic carbocycles. The van der Waals surface area contributed by atoms with E-state index in [1.165, 1.54) is 22.2 Å². The second kappa shape index (κ2) is 11.8. The summed E-state index contributed by atoms with van der Waals surface area (Å²) in [6.45, 7) is 4.47. The average Bonchev–Trinajstić information content (AvgIpc) is 3.22. The highest BCUT2D eigenvalue weighted by Crippen LogP contribution is 2.41. The Morgan fingerprint density at radius 1 is 1.03 bits per heavy atom. The zero-order valence-electron chi connectivity index (χ0n) is 21.2. The summed E-state index contributed by atoms with van der Waals surface area (Å²) in [5.74, 6) is 0.144. The van der Waals surface area contributed by atoms with Crippen LogP contribution in [0.4, 0.5) is 5.69 Å². The van der Waals surface area contributed by atoms with Gasteiger partial charge in [0.15, 0.2) is 0 Å². The molecule has 0 saturated carbocycles. The van der Waals surface area contributed by atoms with Crippen molar-refractivity contribution in [3.8, 4) is 11.8 Å². The average molecular weight is 512 g/mol. The lowest BCUT2D eigenvalue weighted by Gasteiger charge is -2.18. The van der Waals surface area contributed by atoms with Crippen molar-refractivity contribution in [2.75, 3.05) is 18.6 Å². The second-order valence-corrected chi connectivity index (χ2v) is 10.1. The lowest BCUT2D eigenvalue weighted by atomic mass is 10.0. The van der Waals surface area contributed by atoms with E-state index in [9.17, 15) is 14.9 Å². The van der Waals surface area contributed by atoms with E-state index in [1.807, 2.05) is 67.6 Å². The number of carbonyl (C=O) groups excluding carboxylic acids is 2. The molecule has 0 radical (unpaired) electrons. The standard InChI is InChI=1S/C30H29N3O3S/c1-20-9-10-23(17-21(20)2)18-27-29(35)33(24-7-5-4-6-8-24)30(37-27)26(19-31)28(34)32-16-15-22-11-13-25(36-3)14-12-22/h4-14,17,27H,15-16,18H2,1-3H3,(H,32,34)/b30-26-/t27-/m0/s1. The third kappa shape index (κ3) is 6.04. The van der Waals surface area contributed by atoms with Crippen LogP contribution >= 0.6 is 11.8 Å². The number of nitriles is 1. The largest absolute Gasteiger partial charge is 0.497 e. The van der Waals surface area contributed by atoms with E-state index < -0.39 is 11.2 Å². The smallest absolute Gasteiger partial charge is 0.264 e. The van der Waals surface area contributed by atoms with Gasteiger partial charge in [0, 0.05) is 12.2 Å². The fourth-order valence-corrected chi connectivity index (χ4v) is 5.45. The molecule has 37 heavy (non-hydrogen) atoms.